The van der Waals surface area contributed by atoms with Crippen molar-refractivity contribution in [2.24, 2.45) is 0 Å². The largest absolute Gasteiger partial charge is 0.299 e. The van der Waals surface area contributed by atoms with Gasteiger partial charge in [0.1, 0.15) is 5.78 Å². The Labute approximate surface area is 69.6 Å². The second-order valence-corrected chi connectivity index (χ2v) is 3.15. The zero-order valence-electron chi connectivity index (χ0n) is 6.12. The monoisotopic (exact) mass is 167 g/mol. The van der Waals surface area contributed by atoms with E-state index in [4.69, 9.17) is 0 Å². The van der Waals surface area contributed by atoms with Crippen LogP contribution >= 0.6 is 11.3 Å². The molecule has 2 nitrogen and oxygen atoms in total. The van der Waals surface area contributed by atoms with Crippen molar-refractivity contribution in [3.05, 3.63) is 29.2 Å². The Kier molecular flexibility index (Phi) is 2.98. The molecule has 11 heavy (non-hydrogen) atoms. The Morgan fingerprint density at radius 2 is 2.64 bits per heavy atom. The molecule has 0 saturated heterocycles. The van der Waals surface area contributed by atoms with Gasteiger partial charge in [0.05, 0.1) is 5.51 Å². The van der Waals surface area contributed by atoms with Crippen molar-refractivity contribution in [3.8, 4) is 0 Å². The lowest BCUT2D eigenvalue weighted by molar-refractivity contribution is -0.117. The first kappa shape index (κ1) is 8.14. The highest BCUT2D eigenvalue weighted by atomic mass is 32.1. The normalized spacial score (nSPS) is 9.45. The standard InChI is InChI=1S/C8H9NOS/c1-2-3-7(10)4-8-5-9-6-11-8/h2,5-6H,1,3-4H2. The van der Waals surface area contributed by atoms with Gasteiger partial charge in [0.15, 0.2) is 0 Å². The number of nitrogens with zero attached hydrogens (tertiary/aromatic N) is 1. The molecule has 1 heterocycles. The van der Waals surface area contributed by atoms with Gasteiger partial charge in [-0.25, -0.2) is 0 Å². The van der Waals surface area contributed by atoms with E-state index >= 15 is 0 Å². The van der Waals surface area contributed by atoms with Gasteiger partial charge in [0, 0.05) is 23.9 Å². The number of thiazole rings is 1. The summed E-state index contributed by atoms with van der Waals surface area (Å²) in [6.45, 7) is 3.50. The maximum Gasteiger partial charge on any atom is 0.141 e. The van der Waals surface area contributed by atoms with E-state index < -0.39 is 0 Å². The molecule has 1 rings (SSSR count). The summed E-state index contributed by atoms with van der Waals surface area (Å²) in [6, 6.07) is 0. The number of aromatic nitrogens is 1. The van der Waals surface area contributed by atoms with E-state index in [-0.39, 0.29) is 5.78 Å². The zero-order valence-corrected chi connectivity index (χ0v) is 6.93. The molecule has 0 radical (unpaired) electrons. The van der Waals surface area contributed by atoms with Crippen molar-refractivity contribution in [1.82, 2.24) is 4.98 Å². The van der Waals surface area contributed by atoms with E-state index in [1.165, 1.54) is 11.3 Å². The number of hydrogen-bond acceptors (Lipinski definition) is 3. The predicted molar refractivity (Wildman–Crippen MR) is 45.6 cm³/mol. The Morgan fingerprint density at radius 3 is 3.18 bits per heavy atom. The van der Waals surface area contributed by atoms with E-state index in [1.54, 1.807) is 17.8 Å². The Hall–Kier alpha value is -0.960. The summed E-state index contributed by atoms with van der Waals surface area (Å²) >= 11 is 1.51. The zero-order chi connectivity index (χ0) is 8.10. The van der Waals surface area contributed by atoms with Crippen molar-refractivity contribution in [2.45, 2.75) is 12.8 Å². The first-order valence-electron chi connectivity index (χ1n) is 3.33. The number of Topliss-reactive ketones (excluding diaryl/α,β-unsaturated/α-hetero) is 1. The van der Waals surface area contributed by atoms with Crippen LogP contribution in [-0.2, 0) is 11.2 Å². The van der Waals surface area contributed by atoms with Gasteiger partial charge < -0.3 is 0 Å². The van der Waals surface area contributed by atoms with Crippen molar-refractivity contribution in [3.63, 3.8) is 0 Å². The van der Waals surface area contributed by atoms with Crippen LogP contribution in [-0.4, -0.2) is 10.8 Å². The summed E-state index contributed by atoms with van der Waals surface area (Å²) in [4.78, 5) is 15.9. The van der Waals surface area contributed by atoms with Crippen LogP contribution in [0.2, 0.25) is 0 Å². The van der Waals surface area contributed by atoms with Crippen LogP contribution in [0.4, 0.5) is 0 Å². The molecule has 0 aliphatic rings. The minimum absolute atomic E-state index is 0.198. The average molecular weight is 167 g/mol. The lowest BCUT2D eigenvalue weighted by Gasteiger charge is -1.90. The molecule has 0 aliphatic heterocycles. The van der Waals surface area contributed by atoms with Gasteiger partial charge in [-0.05, 0) is 0 Å². The van der Waals surface area contributed by atoms with Gasteiger partial charge in [-0.3, -0.25) is 9.78 Å². The molecule has 0 N–H and O–H groups in total. The molecule has 1 aromatic rings. The smallest absolute Gasteiger partial charge is 0.141 e. The molecule has 3 heteroatoms. The molecule has 0 saturated carbocycles. The summed E-state index contributed by atoms with van der Waals surface area (Å²) < 4.78 is 0. The van der Waals surface area contributed by atoms with Crippen LogP contribution in [0.1, 0.15) is 11.3 Å². The lowest BCUT2D eigenvalue weighted by Crippen LogP contribution is -1.98. The number of carbonyl (C=O) groups is 1. The average Bonchev–Trinajstić information content (AvgIpc) is 2.40. The van der Waals surface area contributed by atoms with E-state index in [0.717, 1.165) is 4.88 Å². The van der Waals surface area contributed by atoms with Crippen LogP contribution < -0.4 is 0 Å². The third kappa shape index (κ3) is 2.63. The third-order valence-corrected chi connectivity index (χ3v) is 2.01. The predicted octanol–water partition coefficient (Wildman–Crippen LogP) is 1.83. The van der Waals surface area contributed by atoms with E-state index in [0.29, 0.717) is 12.8 Å². The van der Waals surface area contributed by atoms with E-state index in [2.05, 4.69) is 11.6 Å². The highest BCUT2D eigenvalue weighted by molar-refractivity contribution is 7.09. The van der Waals surface area contributed by atoms with Crippen molar-refractivity contribution >= 4 is 17.1 Å². The van der Waals surface area contributed by atoms with Gasteiger partial charge in [-0.1, -0.05) is 6.08 Å². The lowest BCUT2D eigenvalue weighted by atomic mass is 10.2. The molecule has 1 aromatic heterocycles. The fourth-order valence-electron chi connectivity index (χ4n) is 0.757. The molecule has 0 amide bonds. The Morgan fingerprint density at radius 1 is 1.82 bits per heavy atom. The Bertz CT molecular complexity index is 241. The van der Waals surface area contributed by atoms with Crippen molar-refractivity contribution in [2.75, 3.05) is 0 Å². The maximum atomic E-state index is 11.0. The second kappa shape index (κ2) is 4.03. The highest BCUT2D eigenvalue weighted by Gasteiger charge is 2.01. The summed E-state index contributed by atoms with van der Waals surface area (Å²) in [7, 11) is 0. The van der Waals surface area contributed by atoms with Crippen LogP contribution in [0, 0.1) is 0 Å². The van der Waals surface area contributed by atoms with Gasteiger partial charge >= 0.3 is 0 Å². The number of rotatable bonds is 4. The summed E-state index contributed by atoms with van der Waals surface area (Å²) in [5.74, 6) is 0.198. The minimum Gasteiger partial charge on any atom is -0.299 e. The number of allylic oxidation sites excluding steroid dienone is 1. The molecule has 0 atom stereocenters. The second-order valence-electron chi connectivity index (χ2n) is 2.18. The van der Waals surface area contributed by atoms with E-state index in [1.807, 2.05) is 0 Å². The quantitative estimate of drug-likeness (QED) is 0.640. The van der Waals surface area contributed by atoms with Crippen LogP contribution in [0.15, 0.2) is 24.4 Å². The molecule has 0 unspecified atom stereocenters. The molecular weight excluding hydrogens is 158 g/mol. The van der Waals surface area contributed by atoms with Gasteiger partial charge in [0.2, 0.25) is 0 Å². The first-order valence-corrected chi connectivity index (χ1v) is 4.21. The minimum atomic E-state index is 0.198. The van der Waals surface area contributed by atoms with Crippen molar-refractivity contribution < 1.29 is 4.79 Å². The molecule has 0 aliphatic carbocycles. The molecular formula is C8H9NOS. The molecule has 0 spiro atoms. The van der Waals surface area contributed by atoms with Crippen LogP contribution in [0.5, 0.6) is 0 Å². The molecule has 0 aromatic carbocycles. The number of ketones is 1. The highest BCUT2D eigenvalue weighted by Crippen LogP contribution is 2.07. The van der Waals surface area contributed by atoms with Gasteiger partial charge in [-0.15, -0.1) is 17.9 Å². The topological polar surface area (TPSA) is 30.0 Å². The number of hydrogen-bond donors (Lipinski definition) is 0. The number of carbonyl (C=O) groups excluding carboxylic acids is 1. The summed E-state index contributed by atoms with van der Waals surface area (Å²) in [5, 5.41) is 0. The van der Waals surface area contributed by atoms with Gasteiger partial charge in [-0.2, -0.15) is 0 Å². The fraction of sp³-hybridized carbons (Fsp3) is 0.250. The van der Waals surface area contributed by atoms with Crippen molar-refractivity contribution in [1.29, 1.82) is 0 Å². The Balaban J connectivity index is 2.43. The first-order chi connectivity index (χ1) is 5.33. The molecule has 0 bridgehead atoms. The van der Waals surface area contributed by atoms with Crippen LogP contribution in [0.3, 0.4) is 0 Å². The van der Waals surface area contributed by atoms with Crippen LogP contribution in [0.25, 0.3) is 0 Å². The maximum absolute atomic E-state index is 11.0. The third-order valence-electron chi connectivity index (χ3n) is 1.23. The van der Waals surface area contributed by atoms with E-state index in [9.17, 15) is 4.79 Å². The summed E-state index contributed by atoms with van der Waals surface area (Å²) in [6.07, 6.45) is 4.31. The summed E-state index contributed by atoms with van der Waals surface area (Å²) in [5.41, 5.74) is 1.73. The SMILES string of the molecule is C=CCC(=O)Cc1cncs1. The molecule has 58 valence electrons. The van der Waals surface area contributed by atoms with Gasteiger partial charge in [0.25, 0.3) is 0 Å². The molecule has 0 fully saturated rings. The fourth-order valence-corrected chi connectivity index (χ4v) is 1.38.